The summed E-state index contributed by atoms with van der Waals surface area (Å²) in [4.78, 5) is 12.8. The molecule has 1 unspecified atom stereocenters. The summed E-state index contributed by atoms with van der Waals surface area (Å²) in [5.74, 6) is -0.675. The van der Waals surface area contributed by atoms with Crippen LogP contribution in [0.15, 0.2) is 90.0 Å². The van der Waals surface area contributed by atoms with Gasteiger partial charge in [-0.05, 0) is 74.5 Å². The lowest BCUT2D eigenvalue weighted by molar-refractivity contribution is 0.0939. The van der Waals surface area contributed by atoms with Crippen LogP contribution in [-0.4, -0.2) is 24.1 Å². The fraction of sp³-hybridized carbons (Fsp3) is 0.120. The second kappa shape index (κ2) is 9.48. The van der Waals surface area contributed by atoms with E-state index in [0.29, 0.717) is 16.9 Å². The number of hydrogen-bond donors (Lipinski definition) is 2. The van der Waals surface area contributed by atoms with E-state index in [1.54, 1.807) is 53.3 Å². The van der Waals surface area contributed by atoms with Crippen LogP contribution < -0.4 is 10.0 Å². The first kappa shape index (κ1) is 23.2. The van der Waals surface area contributed by atoms with E-state index in [4.69, 9.17) is 0 Å². The van der Waals surface area contributed by atoms with Crippen LogP contribution in [0, 0.1) is 12.7 Å². The summed E-state index contributed by atoms with van der Waals surface area (Å²) in [6.45, 7) is 3.70. The van der Waals surface area contributed by atoms with Crippen molar-refractivity contribution in [2.45, 2.75) is 24.8 Å². The predicted molar refractivity (Wildman–Crippen MR) is 128 cm³/mol. The van der Waals surface area contributed by atoms with E-state index in [1.165, 1.54) is 36.4 Å². The quantitative estimate of drug-likeness (QED) is 0.406. The Morgan fingerprint density at radius 2 is 1.62 bits per heavy atom. The number of carbonyl (C=O) groups is 1. The van der Waals surface area contributed by atoms with Crippen molar-refractivity contribution in [1.82, 2.24) is 15.1 Å². The van der Waals surface area contributed by atoms with Crippen LogP contribution in [0.1, 0.15) is 34.6 Å². The highest BCUT2D eigenvalue weighted by Gasteiger charge is 2.19. The topological polar surface area (TPSA) is 93.1 Å². The molecule has 7 nitrogen and oxygen atoms in total. The van der Waals surface area contributed by atoms with Gasteiger partial charge in [0.05, 0.1) is 22.8 Å². The summed E-state index contributed by atoms with van der Waals surface area (Å²) in [7, 11) is -3.77. The van der Waals surface area contributed by atoms with Gasteiger partial charge in [-0.15, -0.1) is 0 Å². The zero-order valence-corrected chi connectivity index (χ0v) is 19.4. The van der Waals surface area contributed by atoms with Crippen molar-refractivity contribution < 1.29 is 17.6 Å². The lowest BCUT2D eigenvalue weighted by Gasteiger charge is -2.15. The molecule has 0 aliphatic rings. The number of aromatic nitrogens is 2. The molecule has 0 saturated carbocycles. The molecular formula is C25H23FN4O3S. The van der Waals surface area contributed by atoms with Gasteiger partial charge in [-0.25, -0.2) is 17.5 Å². The van der Waals surface area contributed by atoms with E-state index in [0.717, 1.165) is 11.3 Å². The SMILES string of the molecule is Cc1c(C(C)NC(=O)c2ccc(S(=O)(=O)Nc3ccccc3)cc2)cnn1-c1ccc(F)cc1. The van der Waals surface area contributed by atoms with Crippen molar-refractivity contribution in [1.29, 1.82) is 0 Å². The third-order valence-electron chi connectivity index (χ3n) is 5.39. The molecular weight excluding hydrogens is 455 g/mol. The summed E-state index contributed by atoms with van der Waals surface area (Å²) >= 11 is 0. The van der Waals surface area contributed by atoms with Gasteiger partial charge in [-0.3, -0.25) is 9.52 Å². The zero-order chi connectivity index (χ0) is 24.3. The van der Waals surface area contributed by atoms with Crippen molar-refractivity contribution in [3.63, 3.8) is 0 Å². The number of halogens is 1. The number of nitrogens with one attached hydrogen (secondary N) is 2. The van der Waals surface area contributed by atoms with E-state index in [-0.39, 0.29) is 22.7 Å². The molecule has 0 fully saturated rings. The Labute approximate surface area is 197 Å². The number of sulfonamides is 1. The molecule has 9 heteroatoms. The van der Waals surface area contributed by atoms with E-state index in [1.807, 2.05) is 13.8 Å². The van der Waals surface area contributed by atoms with E-state index < -0.39 is 10.0 Å². The molecule has 3 aromatic carbocycles. The standard InChI is InChI=1S/C25H23FN4O3S/c1-17(24-16-27-30(18(24)2)22-12-10-20(26)11-13-22)28-25(31)19-8-14-23(15-9-19)34(32,33)29-21-6-4-3-5-7-21/h3-17,29H,1-2H3,(H,28,31). The van der Waals surface area contributed by atoms with Crippen LogP contribution in [0.25, 0.3) is 5.69 Å². The second-order valence-corrected chi connectivity index (χ2v) is 9.45. The molecule has 0 saturated heterocycles. The van der Waals surface area contributed by atoms with Crippen molar-refractivity contribution in [2.24, 2.45) is 0 Å². The minimum absolute atomic E-state index is 0.0531. The van der Waals surface area contributed by atoms with Crippen LogP contribution in [-0.2, 0) is 10.0 Å². The number of para-hydroxylation sites is 1. The van der Waals surface area contributed by atoms with Crippen LogP contribution in [0.3, 0.4) is 0 Å². The minimum Gasteiger partial charge on any atom is -0.345 e. The molecule has 4 aromatic rings. The minimum atomic E-state index is -3.77. The Balaban J connectivity index is 1.45. The molecule has 1 atom stereocenters. The number of carbonyl (C=O) groups excluding carboxylic acids is 1. The molecule has 0 bridgehead atoms. The Hall–Kier alpha value is -3.98. The number of amides is 1. The molecule has 1 amide bonds. The first-order chi connectivity index (χ1) is 16.2. The van der Waals surface area contributed by atoms with Gasteiger partial charge in [0.25, 0.3) is 15.9 Å². The molecule has 0 aliphatic carbocycles. The van der Waals surface area contributed by atoms with Gasteiger partial charge in [0.15, 0.2) is 0 Å². The highest BCUT2D eigenvalue weighted by Crippen LogP contribution is 2.21. The fourth-order valence-electron chi connectivity index (χ4n) is 3.55. The number of nitrogens with zero attached hydrogens (tertiary/aromatic N) is 2. The molecule has 2 N–H and O–H groups in total. The number of hydrogen-bond acceptors (Lipinski definition) is 4. The average Bonchev–Trinajstić information content (AvgIpc) is 3.21. The number of rotatable bonds is 7. The van der Waals surface area contributed by atoms with E-state index in [9.17, 15) is 17.6 Å². The van der Waals surface area contributed by atoms with E-state index >= 15 is 0 Å². The number of benzene rings is 3. The largest absolute Gasteiger partial charge is 0.345 e. The van der Waals surface area contributed by atoms with Crippen molar-refractivity contribution >= 4 is 21.6 Å². The van der Waals surface area contributed by atoms with Crippen LogP contribution in [0.5, 0.6) is 0 Å². The molecule has 0 spiro atoms. The van der Waals surface area contributed by atoms with Crippen LogP contribution in [0.2, 0.25) is 0 Å². The number of anilines is 1. The molecule has 4 rings (SSSR count). The Morgan fingerprint density at radius 3 is 2.26 bits per heavy atom. The first-order valence-electron chi connectivity index (χ1n) is 10.5. The van der Waals surface area contributed by atoms with Gasteiger partial charge in [-0.1, -0.05) is 18.2 Å². The van der Waals surface area contributed by atoms with Gasteiger partial charge < -0.3 is 5.32 Å². The normalized spacial score (nSPS) is 12.2. The summed E-state index contributed by atoms with van der Waals surface area (Å²) < 4.78 is 42.6. The second-order valence-electron chi connectivity index (χ2n) is 7.76. The van der Waals surface area contributed by atoms with Crippen molar-refractivity contribution in [2.75, 3.05) is 4.72 Å². The van der Waals surface area contributed by atoms with E-state index in [2.05, 4.69) is 15.1 Å². The van der Waals surface area contributed by atoms with Gasteiger partial charge in [-0.2, -0.15) is 5.10 Å². The van der Waals surface area contributed by atoms with Gasteiger partial charge in [0.2, 0.25) is 0 Å². The van der Waals surface area contributed by atoms with Gasteiger partial charge in [0.1, 0.15) is 5.82 Å². The molecule has 34 heavy (non-hydrogen) atoms. The molecule has 0 aliphatic heterocycles. The highest BCUT2D eigenvalue weighted by molar-refractivity contribution is 7.92. The van der Waals surface area contributed by atoms with Crippen molar-refractivity contribution in [3.05, 3.63) is 108 Å². The predicted octanol–water partition coefficient (Wildman–Crippen LogP) is 4.61. The van der Waals surface area contributed by atoms with Gasteiger partial charge >= 0.3 is 0 Å². The summed E-state index contributed by atoms with van der Waals surface area (Å²) in [5, 5.41) is 7.27. The smallest absolute Gasteiger partial charge is 0.261 e. The maximum Gasteiger partial charge on any atom is 0.261 e. The Bertz CT molecular complexity index is 1400. The third-order valence-corrected chi connectivity index (χ3v) is 6.78. The monoisotopic (exact) mass is 478 g/mol. The molecule has 1 aromatic heterocycles. The molecule has 174 valence electrons. The lowest BCUT2D eigenvalue weighted by Crippen LogP contribution is -2.27. The summed E-state index contributed by atoms with van der Waals surface area (Å²) in [6, 6.07) is 19.9. The van der Waals surface area contributed by atoms with Crippen LogP contribution >= 0.6 is 0 Å². The summed E-state index contributed by atoms with van der Waals surface area (Å²) in [5.41, 5.74) is 3.12. The maximum absolute atomic E-state index is 13.2. The van der Waals surface area contributed by atoms with Crippen molar-refractivity contribution in [3.8, 4) is 5.69 Å². The van der Waals surface area contributed by atoms with Crippen LogP contribution in [0.4, 0.5) is 10.1 Å². The Kier molecular flexibility index (Phi) is 6.47. The molecule has 1 heterocycles. The molecule has 0 radical (unpaired) electrons. The maximum atomic E-state index is 13.2. The van der Waals surface area contributed by atoms with Gasteiger partial charge in [0, 0.05) is 22.5 Å². The summed E-state index contributed by atoms with van der Waals surface area (Å²) in [6.07, 6.45) is 1.66. The zero-order valence-electron chi connectivity index (χ0n) is 18.6. The average molecular weight is 479 g/mol. The Morgan fingerprint density at radius 1 is 0.971 bits per heavy atom. The lowest BCUT2D eigenvalue weighted by atomic mass is 10.1. The third kappa shape index (κ3) is 4.99. The first-order valence-corrected chi connectivity index (χ1v) is 12.0. The fourth-order valence-corrected chi connectivity index (χ4v) is 4.61. The highest BCUT2D eigenvalue weighted by atomic mass is 32.2.